The Labute approximate surface area is 161 Å². The summed E-state index contributed by atoms with van der Waals surface area (Å²) in [5.41, 5.74) is 3.72. The fourth-order valence-corrected chi connectivity index (χ4v) is 3.21. The maximum Gasteiger partial charge on any atom is 0.165 e. The van der Waals surface area contributed by atoms with Gasteiger partial charge in [0.15, 0.2) is 11.5 Å². The topological polar surface area (TPSA) is 34.6 Å². The smallest absolute Gasteiger partial charge is 0.165 e. The molecule has 1 heterocycles. The number of hydrogen-bond acceptors (Lipinski definition) is 4. The third-order valence-electron chi connectivity index (χ3n) is 4.59. The lowest BCUT2D eigenvalue weighted by Gasteiger charge is -2.24. The van der Waals surface area contributed by atoms with Gasteiger partial charge in [-0.15, -0.1) is 0 Å². The maximum absolute atomic E-state index is 5.62. The number of pyridine rings is 1. The van der Waals surface area contributed by atoms with E-state index in [1.807, 2.05) is 24.5 Å². The van der Waals surface area contributed by atoms with Gasteiger partial charge in [-0.05, 0) is 35.7 Å². The highest BCUT2D eigenvalue weighted by atomic mass is 16.5. The monoisotopic (exact) mass is 362 g/mol. The molecule has 0 amide bonds. The summed E-state index contributed by atoms with van der Waals surface area (Å²) in [6.45, 7) is 2.60. The molecule has 27 heavy (non-hydrogen) atoms. The molecule has 4 nitrogen and oxygen atoms in total. The van der Waals surface area contributed by atoms with Gasteiger partial charge in [0.25, 0.3) is 0 Å². The second-order valence-electron chi connectivity index (χ2n) is 6.45. The number of aromatic nitrogens is 1. The molecule has 0 radical (unpaired) electrons. The van der Waals surface area contributed by atoms with Gasteiger partial charge >= 0.3 is 0 Å². The van der Waals surface area contributed by atoms with Crippen LogP contribution in [0.3, 0.4) is 0 Å². The third kappa shape index (κ3) is 5.31. The summed E-state index contributed by atoms with van der Waals surface area (Å²) in [6.07, 6.45) is 4.69. The highest BCUT2D eigenvalue weighted by Gasteiger charge is 2.14. The normalized spacial score (nSPS) is 10.8. The Morgan fingerprint density at radius 3 is 2.26 bits per heavy atom. The van der Waals surface area contributed by atoms with Crippen LogP contribution in [0.2, 0.25) is 0 Å². The molecule has 0 atom stereocenters. The van der Waals surface area contributed by atoms with Crippen LogP contribution in [0.1, 0.15) is 16.7 Å². The van der Waals surface area contributed by atoms with Crippen molar-refractivity contribution in [2.45, 2.75) is 19.5 Å². The molecular formula is C23H26N2O2. The number of hydrogen-bond donors (Lipinski definition) is 0. The van der Waals surface area contributed by atoms with Gasteiger partial charge < -0.3 is 9.47 Å². The van der Waals surface area contributed by atoms with Gasteiger partial charge in [-0.2, -0.15) is 0 Å². The molecule has 0 fully saturated rings. The second-order valence-corrected chi connectivity index (χ2v) is 6.45. The summed E-state index contributed by atoms with van der Waals surface area (Å²) in [6, 6.07) is 20.8. The van der Waals surface area contributed by atoms with Crippen molar-refractivity contribution in [1.82, 2.24) is 9.88 Å². The number of para-hydroxylation sites is 1. The van der Waals surface area contributed by atoms with Crippen LogP contribution in [0.5, 0.6) is 11.5 Å². The zero-order valence-corrected chi connectivity index (χ0v) is 16.0. The zero-order valence-electron chi connectivity index (χ0n) is 16.0. The standard InChI is InChI=1S/C23H26N2O2/c1-26-22-10-6-9-21(23(22)27-2)18-25(17-20-11-14-24-15-12-20)16-13-19-7-4-3-5-8-19/h3-12,14-15H,13,16-18H2,1-2H3. The van der Waals surface area contributed by atoms with E-state index in [0.29, 0.717) is 0 Å². The summed E-state index contributed by atoms with van der Waals surface area (Å²) in [4.78, 5) is 6.56. The largest absolute Gasteiger partial charge is 0.493 e. The van der Waals surface area contributed by atoms with Crippen LogP contribution < -0.4 is 9.47 Å². The molecule has 0 aliphatic heterocycles. The molecule has 0 spiro atoms. The van der Waals surface area contributed by atoms with Crippen LogP contribution in [-0.4, -0.2) is 30.6 Å². The van der Waals surface area contributed by atoms with Crippen molar-refractivity contribution >= 4 is 0 Å². The predicted molar refractivity (Wildman–Crippen MR) is 108 cm³/mol. The van der Waals surface area contributed by atoms with Crippen molar-refractivity contribution in [2.24, 2.45) is 0 Å². The minimum absolute atomic E-state index is 0.766. The summed E-state index contributed by atoms with van der Waals surface area (Å²) >= 11 is 0. The quantitative estimate of drug-likeness (QED) is 0.567. The van der Waals surface area contributed by atoms with Crippen LogP contribution in [0, 0.1) is 0 Å². The van der Waals surface area contributed by atoms with E-state index in [1.54, 1.807) is 14.2 Å². The van der Waals surface area contributed by atoms with Crippen LogP contribution in [-0.2, 0) is 19.5 Å². The number of rotatable bonds is 9. The Bertz CT molecular complexity index is 822. The fourth-order valence-electron chi connectivity index (χ4n) is 3.21. The van der Waals surface area contributed by atoms with E-state index < -0.39 is 0 Å². The van der Waals surface area contributed by atoms with Crippen LogP contribution in [0.15, 0.2) is 73.1 Å². The lowest BCUT2D eigenvalue weighted by molar-refractivity contribution is 0.253. The van der Waals surface area contributed by atoms with Gasteiger partial charge in [-0.1, -0.05) is 42.5 Å². The van der Waals surface area contributed by atoms with Gasteiger partial charge in [0.05, 0.1) is 14.2 Å². The molecule has 3 rings (SSSR count). The number of benzene rings is 2. The van der Waals surface area contributed by atoms with Crippen LogP contribution >= 0.6 is 0 Å². The molecule has 4 heteroatoms. The van der Waals surface area contributed by atoms with Crippen molar-refractivity contribution < 1.29 is 9.47 Å². The number of ether oxygens (including phenoxy) is 2. The Kier molecular flexibility index (Phi) is 6.83. The van der Waals surface area contributed by atoms with E-state index in [-0.39, 0.29) is 0 Å². The molecule has 1 aromatic heterocycles. The first-order valence-corrected chi connectivity index (χ1v) is 9.15. The first kappa shape index (κ1) is 18.9. The fraction of sp³-hybridized carbons (Fsp3) is 0.261. The molecule has 2 aromatic carbocycles. The lowest BCUT2D eigenvalue weighted by Crippen LogP contribution is -2.25. The van der Waals surface area contributed by atoms with Crippen molar-refractivity contribution in [3.63, 3.8) is 0 Å². The summed E-state index contributed by atoms with van der Waals surface area (Å²) in [5.74, 6) is 1.57. The van der Waals surface area contributed by atoms with E-state index >= 15 is 0 Å². The van der Waals surface area contributed by atoms with Gasteiger partial charge in [0.1, 0.15) is 0 Å². The molecular weight excluding hydrogens is 336 g/mol. The van der Waals surface area contributed by atoms with Gasteiger partial charge in [0, 0.05) is 37.6 Å². The van der Waals surface area contributed by atoms with Crippen LogP contribution in [0.4, 0.5) is 0 Å². The molecule has 0 saturated heterocycles. The highest BCUT2D eigenvalue weighted by molar-refractivity contribution is 5.46. The summed E-state index contributed by atoms with van der Waals surface area (Å²) in [7, 11) is 3.37. The van der Waals surface area contributed by atoms with Gasteiger partial charge in [-0.25, -0.2) is 0 Å². The summed E-state index contributed by atoms with van der Waals surface area (Å²) in [5, 5.41) is 0. The predicted octanol–water partition coefficient (Wildman–Crippen LogP) is 4.34. The van der Waals surface area contributed by atoms with E-state index in [9.17, 15) is 0 Å². The van der Waals surface area contributed by atoms with E-state index in [2.05, 4.69) is 58.4 Å². The SMILES string of the molecule is COc1cccc(CN(CCc2ccccc2)Cc2ccncc2)c1OC. The van der Waals surface area contributed by atoms with Crippen molar-refractivity contribution in [3.8, 4) is 11.5 Å². The zero-order chi connectivity index (χ0) is 18.9. The van der Waals surface area contributed by atoms with Crippen LogP contribution in [0.25, 0.3) is 0 Å². The minimum Gasteiger partial charge on any atom is -0.493 e. The third-order valence-corrected chi connectivity index (χ3v) is 4.59. The Morgan fingerprint density at radius 2 is 1.56 bits per heavy atom. The first-order chi connectivity index (χ1) is 13.3. The molecule has 0 aliphatic carbocycles. The molecule has 0 N–H and O–H groups in total. The van der Waals surface area contributed by atoms with E-state index in [0.717, 1.165) is 43.1 Å². The molecule has 0 bridgehead atoms. The van der Waals surface area contributed by atoms with Gasteiger partial charge in [-0.3, -0.25) is 9.88 Å². The maximum atomic E-state index is 5.62. The number of methoxy groups -OCH3 is 2. The molecule has 3 aromatic rings. The molecule has 0 aliphatic rings. The Hall–Kier alpha value is -2.85. The lowest BCUT2D eigenvalue weighted by atomic mass is 10.1. The average molecular weight is 362 g/mol. The minimum atomic E-state index is 0.766. The summed E-state index contributed by atoms with van der Waals surface area (Å²) < 4.78 is 11.1. The Balaban J connectivity index is 1.79. The average Bonchev–Trinajstić information content (AvgIpc) is 2.73. The Morgan fingerprint density at radius 1 is 0.778 bits per heavy atom. The van der Waals surface area contributed by atoms with Gasteiger partial charge in [0.2, 0.25) is 0 Å². The molecule has 140 valence electrons. The van der Waals surface area contributed by atoms with Crippen molar-refractivity contribution in [2.75, 3.05) is 20.8 Å². The van der Waals surface area contributed by atoms with Crippen molar-refractivity contribution in [1.29, 1.82) is 0 Å². The highest BCUT2D eigenvalue weighted by Crippen LogP contribution is 2.31. The number of nitrogens with zero attached hydrogens (tertiary/aromatic N) is 2. The van der Waals surface area contributed by atoms with Crippen molar-refractivity contribution in [3.05, 3.63) is 89.7 Å². The van der Waals surface area contributed by atoms with E-state index in [1.165, 1.54) is 11.1 Å². The molecule has 0 unspecified atom stereocenters. The second kappa shape index (κ2) is 9.74. The first-order valence-electron chi connectivity index (χ1n) is 9.15. The van der Waals surface area contributed by atoms with E-state index in [4.69, 9.17) is 9.47 Å². The molecule has 0 saturated carbocycles.